The van der Waals surface area contributed by atoms with E-state index in [0.29, 0.717) is 12.8 Å². The molecule has 0 aromatic heterocycles. The molecule has 6 unspecified atom stereocenters. The van der Waals surface area contributed by atoms with Crippen molar-refractivity contribution in [3.05, 3.63) is 0 Å². The summed E-state index contributed by atoms with van der Waals surface area (Å²) in [6.45, 7) is 11.2. The zero-order valence-electron chi connectivity index (χ0n) is 16.3. The second kappa shape index (κ2) is 11.1. The van der Waals surface area contributed by atoms with Crippen molar-refractivity contribution in [2.24, 2.45) is 23.5 Å². The Morgan fingerprint density at radius 2 is 1.20 bits per heavy atom. The number of nitrogens with one attached hydrogen (secondary N) is 2. The van der Waals surface area contributed by atoms with Crippen molar-refractivity contribution in [2.45, 2.75) is 78.9 Å². The van der Waals surface area contributed by atoms with Crippen molar-refractivity contribution >= 4 is 17.8 Å². The Hall–Kier alpha value is -1.63. The fourth-order valence-corrected chi connectivity index (χ4v) is 2.39. The Morgan fingerprint density at radius 1 is 0.800 bits per heavy atom. The van der Waals surface area contributed by atoms with Crippen LogP contribution < -0.4 is 16.4 Å². The molecule has 0 aliphatic rings. The maximum atomic E-state index is 12.6. The minimum absolute atomic E-state index is 0.00692. The molecule has 0 saturated carbocycles. The van der Waals surface area contributed by atoms with Gasteiger partial charge in [-0.15, -0.1) is 0 Å². The molecule has 6 atom stereocenters. The van der Waals surface area contributed by atoms with Crippen molar-refractivity contribution < 1.29 is 19.5 Å². The quantitative estimate of drug-likeness (QED) is 0.446. The predicted molar refractivity (Wildman–Crippen MR) is 97.8 cm³/mol. The zero-order chi connectivity index (χ0) is 19.7. The summed E-state index contributed by atoms with van der Waals surface area (Å²) in [6, 6.07) is -2.49. The van der Waals surface area contributed by atoms with Crippen LogP contribution in [0.3, 0.4) is 0 Å². The summed E-state index contributed by atoms with van der Waals surface area (Å²) in [4.78, 5) is 36.4. The first kappa shape index (κ1) is 23.4. The summed E-state index contributed by atoms with van der Waals surface area (Å²) in [5.41, 5.74) is 5.94. The van der Waals surface area contributed by atoms with Gasteiger partial charge in [-0.05, 0) is 17.8 Å². The number of hydrogen-bond donors (Lipinski definition) is 4. The highest BCUT2D eigenvalue weighted by Crippen LogP contribution is 2.13. The van der Waals surface area contributed by atoms with E-state index in [-0.39, 0.29) is 23.7 Å². The van der Waals surface area contributed by atoms with Gasteiger partial charge in [0.15, 0.2) is 0 Å². The summed E-state index contributed by atoms with van der Waals surface area (Å²) < 4.78 is 0. The Morgan fingerprint density at radius 3 is 1.60 bits per heavy atom. The smallest absolute Gasteiger partial charge is 0.326 e. The lowest BCUT2D eigenvalue weighted by Crippen LogP contribution is -2.58. The van der Waals surface area contributed by atoms with Crippen molar-refractivity contribution in [2.75, 3.05) is 0 Å². The normalized spacial score (nSPS) is 18.4. The molecule has 0 heterocycles. The van der Waals surface area contributed by atoms with Crippen LogP contribution in [-0.2, 0) is 14.4 Å². The number of carboxylic acids is 1. The second-order valence-corrected chi connectivity index (χ2v) is 6.99. The van der Waals surface area contributed by atoms with E-state index in [4.69, 9.17) is 5.73 Å². The third-order valence-corrected chi connectivity index (χ3v) is 5.13. The molecule has 0 radical (unpaired) electrons. The molecule has 7 heteroatoms. The van der Waals surface area contributed by atoms with Crippen LogP contribution in [0.5, 0.6) is 0 Å². The van der Waals surface area contributed by atoms with E-state index in [0.717, 1.165) is 6.42 Å². The fraction of sp³-hybridized carbons (Fsp3) is 0.833. The standard InChI is InChI=1S/C18H35N3O4/c1-7-10(4)13(19)16(22)20-14(11(5)8-2)17(23)21-15(18(24)25)12(6)9-3/h10-15H,7-9,19H2,1-6H3,(H,20,22)(H,21,23)(H,24,25). The maximum absolute atomic E-state index is 12.6. The summed E-state index contributed by atoms with van der Waals surface area (Å²) in [5, 5.41) is 14.6. The van der Waals surface area contributed by atoms with Gasteiger partial charge in [0.25, 0.3) is 0 Å². The summed E-state index contributed by atoms with van der Waals surface area (Å²) in [7, 11) is 0. The van der Waals surface area contributed by atoms with Gasteiger partial charge < -0.3 is 21.5 Å². The van der Waals surface area contributed by atoms with Crippen LogP contribution >= 0.6 is 0 Å². The van der Waals surface area contributed by atoms with E-state index in [9.17, 15) is 19.5 Å². The SMILES string of the molecule is CCC(C)C(N)C(=O)NC(C(=O)NC(C(=O)O)C(C)CC)C(C)CC. The zero-order valence-corrected chi connectivity index (χ0v) is 16.3. The van der Waals surface area contributed by atoms with Gasteiger partial charge in [-0.1, -0.05) is 60.8 Å². The lowest BCUT2D eigenvalue weighted by Gasteiger charge is -2.29. The van der Waals surface area contributed by atoms with Gasteiger partial charge in [0.2, 0.25) is 11.8 Å². The van der Waals surface area contributed by atoms with E-state index in [2.05, 4.69) is 10.6 Å². The molecule has 25 heavy (non-hydrogen) atoms. The monoisotopic (exact) mass is 357 g/mol. The Labute approximate surface area is 151 Å². The van der Waals surface area contributed by atoms with Gasteiger partial charge >= 0.3 is 5.97 Å². The maximum Gasteiger partial charge on any atom is 0.326 e. The van der Waals surface area contributed by atoms with Gasteiger partial charge in [-0.2, -0.15) is 0 Å². The van der Waals surface area contributed by atoms with Gasteiger partial charge in [0.1, 0.15) is 12.1 Å². The van der Waals surface area contributed by atoms with Gasteiger partial charge in [0, 0.05) is 0 Å². The first-order chi connectivity index (χ1) is 11.6. The molecule has 7 nitrogen and oxygen atoms in total. The van der Waals surface area contributed by atoms with Gasteiger partial charge in [0.05, 0.1) is 6.04 Å². The highest BCUT2D eigenvalue weighted by atomic mass is 16.4. The van der Waals surface area contributed by atoms with Crippen LogP contribution in [0.4, 0.5) is 0 Å². The summed E-state index contributed by atoms with van der Waals surface area (Å²) in [5.74, 6) is -2.30. The molecular formula is C18H35N3O4. The van der Waals surface area contributed by atoms with Crippen LogP contribution in [0, 0.1) is 17.8 Å². The largest absolute Gasteiger partial charge is 0.480 e. The molecule has 0 spiro atoms. The topological polar surface area (TPSA) is 122 Å². The molecule has 146 valence electrons. The third-order valence-electron chi connectivity index (χ3n) is 5.13. The lowest BCUT2D eigenvalue weighted by molar-refractivity contribution is -0.144. The molecule has 0 aromatic rings. The lowest BCUT2D eigenvalue weighted by atomic mass is 9.94. The molecule has 0 bridgehead atoms. The van der Waals surface area contributed by atoms with E-state index >= 15 is 0 Å². The Bertz CT molecular complexity index is 456. The van der Waals surface area contributed by atoms with Crippen molar-refractivity contribution in [1.29, 1.82) is 0 Å². The minimum Gasteiger partial charge on any atom is -0.480 e. The van der Waals surface area contributed by atoms with Crippen LogP contribution in [-0.4, -0.2) is 41.0 Å². The summed E-state index contributed by atoms with van der Waals surface area (Å²) >= 11 is 0. The number of nitrogens with two attached hydrogens (primary N) is 1. The first-order valence-corrected chi connectivity index (χ1v) is 9.19. The Kier molecular flexibility index (Phi) is 10.4. The van der Waals surface area contributed by atoms with Crippen molar-refractivity contribution in [3.8, 4) is 0 Å². The van der Waals surface area contributed by atoms with Crippen LogP contribution in [0.25, 0.3) is 0 Å². The number of rotatable bonds is 11. The van der Waals surface area contributed by atoms with Crippen LogP contribution in [0.1, 0.15) is 60.8 Å². The van der Waals surface area contributed by atoms with Crippen molar-refractivity contribution in [1.82, 2.24) is 10.6 Å². The molecular weight excluding hydrogens is 322 g/mol. The Balaban J connectivity index is 5.23. The average molecular weight is 357 g/mol. The minimum atomic E-state index is -1.08. The summed E-state index contributed by atoms with van der Waals surface area (Å²) in [6.07, 6.45) is 2.04. The van der Waals surface area contributed by atoms with E-state index < -0.39 is 30.0 Å². The average Bonchev–Trinajstić information content (AvgIpc) is 2.60. The second-order valence-electron chi connectivity index (χ2n) is 6.99. The van der Waals surface area contributed by atoms with E-state index in [1.54, 1.807) is 6.92 Å². The van der Waals surface area contributed by atoms with Gasteiger partial charge in [-0.25, -0.2) is 4.79 Å². The molecule has 0 aromatic carbocycles. The van der Waals surface area contributed by atoms with E-state index in [1.165, 1.54) is 0 Å². The highest BCUT2D eigenvalue weighted by Gasteiger charge is 2.33. The number of amides is 2. The van der Waals surface area contributed by atoms with E-state index in [1.807, 2.05) is 34.6 Å². The van der Waals surface area contributed by atoms with Crippen molar-refractivity contribution in [3.63, 3.8) is 0 Å². The number of carboxylic acid groups (broad SMARTS) is 1. The molecule has 0 aliphatic heterocycles. The predicted octanol–water partition coefficient (Wildman–Crippen LogP) is 1.51. The van der Waals surface area contributed by atoms with Crippen LogP contribution in [0.2, 0.25) is 0 Å². The number of carbonyl (C=O) groups excluding carboxylic acids is 2. The molecule has 0 saturated heterocycles. The molecule has 0 rings (SSSR count). The number of aliphatic carboxylic acids is 1. The first-order valence-electron chi connectivity index (χ1n) is 9.19. The molecule has 5 N–H and O–H groups in total. The molecule has 0 fully saturated rings. The highest BCUT2D eigenvalue weighted by molar-refractivity contribution is 5.92. The number of hydrogen-bond acceptors (Lipinski definition) is 4. The van der Waals surface area contributed by atoms with Crippen LogP contribution in [0.15, 0.2) is 0 Å². The molecule has 2 amide bonds. The molecule has 0 aliphatic carbocycles. The fourth-order valence-electron chi connectivity index (χ4n) is 2.39. The van der Waals surface area contributed by atoms with Gasteiger partial charge in [-0.3, -0.25) is 9.59 Å². The third kappa shape index (κ3) is 7.02. The number of carbonyl (C=O) groups is 3.